The van der Waals surface area contributed by atoms with Gasteiger partial charge in [-0.3, -0.25) is 0 Å². The molecule has 0 amide bonds. The zero-order chi connectivity index (χ0) is 59.6. The maximum Gasteiger partial charge on any atom is 0.0414 e. The first-order chi connectivity index (χ1) is 39.1. The fourth-order valence-electron chi connectivity index (χ4n) is 10.6. The zero-order valence-electron chi connectivity index (χ0n) is 54.9. The normalized spacial score (nSPS) is 10.7. The molecule has 0 fully saturated rings. The zero-order valence-corrected chi connectivity index (χ0v) is 57.9. The summed E-state index contributed by atoms with van der Waals surface area (Å²) in [4.78, 5) is 40.9. The first-order valence-corrected chi connectivity index (χ1v) is 35.9. The summed E-state index contributed by atoms with van der Waals surface area (Å²) in [7, 11) is 0. The SMILES string of the molecule is CCCCCCCCCCCCCCCCCC(=O)[O-].CCCCCCCCCCCCCCCCCC(=O)[O-].CCCCCCCCCCCCCCCCCC(=O)[O-].CCCCCCCCCCCCCCCCCC(=O)[O-].[W]. The summed E-state index contributed by atoms with van der Waals surface area (Å²) in [5.74, 6) is -3.61. The number of aliphatic carboxylic acids is 4. The molecule has 81 heavy (non-hydrogen) atoms. The molecular formula is C72H140O8W-4. The fraction of sp³-hybridized carbons (Fsp3) is 0.944. The fourth-order valence-corrected chi connectivity index (χ4v) is 10.6. The van der Waals surface area contributed by atoms with Crippen molar-refractivity contribution in [2.75, 3.05) is 0 Å². The largest absolute Gasteiger partial charge is 0.550 e. The van der Waals surface area contributed by atoms with Crippen molar-refractivity contribution in [2.45, 2.75) is 439 Å². The van der Waals surface area contributed by atoms with Gasteiger partial charge in [0, 0.05) is 44.9 Å². The topological polar surface area (TPSA) is 161 Å². The van der Waals surface area contributed by atoms with Crippen molar-refractivity contribution in [1.29, 1.82) is 0 Å². The molecule has 0 bridgehead atoms. The average molecular weight is 1320 g/mol. The number of carboxylic acids is 4. The number of unbranched alkanes of at least 4 members (excludes halogenated alkanes) is 56. The predicted octanol–water partition coefficient (Wildman–Crippen LogP) is 20.0. The van der Waals surface area contributed by atoms with Crippen LogP contribution in [0.3, 0.4) is 0 Å². The Morgan fingerprint density at radius 1 is 0.160 bits per heavy atom. The predicted molar refractivity (Wildman–Crippen MR) is 338 cm³/mol. The molecule has 0 atom stereocenters. The Hall–Kier alpha value is -1.43. The molecule has 9 heteroatoms. The van der Waals surface area contributed by atoms with Gasteiger partial charge in [-0.05, 0) is 51.4 Å². The number of rotatable bonds is 64. The Labute approximate surface area is 520 Å². The molecule has 0 aromatic carbocycles. The van der Waals surface area contributed by atoms with Crippen LogP contribution in [0.2, 0.25) is 0 Å². The number of carboxylic acid groups (broad SMARTS) is 4. The van der Waals surface area contributed by atoms with Crippen LogP contribution in [-0.4, -0.2) is 23.9 Å². The van der Waals surface area contributed by atoms with E-state index in [-0.39, 0.29) is 46.7 Å². The van der Waals surface area contributed by atoms with Crippen molar-refractivity contribution in [3.63, 3.8) is 0 Å². The third-order valence-electron chi connectivity index (χ3n) is 15.9. The molecular weight excluding hydrogens is 1180 g/mol. The molecule has 0 aliphatic heterocycles. The smallest absolute Gasteiger partial charge is 0.0414 e. The molecule has 8 nitrogen and oxygen atoms in total. The number of hydrogen-bond acceptors (Lipinski definition) is 8. The van der Waals surface area contributed by atoms with Gasteiger partial charge >= 0.3 is 0 Å². The van der Waals surface area contributed by atoms with Gasteiger partial charge < -0.3 is 39.6 Å². The molecule has 0 spiro atoms. The summed E-state index contributed by atoms with van der Waals surface area (Å²) in [6.45, 7) is 9.07. The second-order valence-electron chi connectivity index (χ2n) is 24.3. The Balaban J connectivity index is -0.000000316. The van der Waals surface area contributed by atoms with Crippen LogP contribution in [0, 0.1) is 0 Å². The van der Waals surface area contributed by atoms with Crippen LogP contribution < -0.4 is 20.4 Å². The van der Waals surface area contributed by atoms with Gasteiger partial charge in [0.2, 0.25) is 0 Å². The van der Waals surface area contributed by atoms with Crippen LogP contribution in [0.4, 0.5) is 0 Å². The maximum atomic E-state index is 10.2. The van der Waals surface area contributed by atoms with Gasteiger partial charge in [0.25, 0.3) is 0 Å². The van der Waals surface area contributed by atoms with E-state index in [1.165, 1.54) is 334 Å². The number of hydrogen-bond donors (Lipinski definition) is 0. The van der Waals surface area contributed by atoms with Crippen molar-refractivity contribution >= 4 is 23.9 Å². The molecule has 0 aliphatic rings. The first kappa shape index (κ1) is 88.3. The molecule has 0 saturated carbocycles. The van der Waals surface area contributed by atoms with Crippen LogP contribution in [0.25, 0.3) is 0 Å². The monoisotopic (exact) mass is 1320 g/mol. The third-order valence-corrected chi connectivity index (χ3v) is 15.9. The van der Waals surface area contributed by atoms with E-state index in [0.717, 1.165) is 51.4 Å². The summed E-state index contributed by atoms with van der Waals surface area (Å²) in [5.41, 5.74) is 0. The van der Waals surface area contributed by atoms with Crippen LogP contribution in [0.15, 0.2) is 0 Å². The minimum atomic E-state index is -0.903. The van der Waals surface area contributed by atoms with Crippen LogP contribution in [-0.2, 0) is 40.2 Å². The summed E-state index contributed by atoms with van der Waals surface area (Å²) in [6, 6.07) is 0. The molecule has 0 aromatic rings. The summed E-state index contributed by atoms with van der Waals surface area (Å²) < 4.78 is 0. The van der Waals surface area contributed by atoms with E-state index in [1.54, 1.807) is 0 Å². The average Bonchev–Trinajstić information content (AvgIpc) is 3.43. The van der Waals surface area contributed by atoms with E-state index < -0.39 is 23.9 Å². The van der Waals surface area contributed by atoms with E-state index in [2.05, 4.69) is 27.7 Å². The van der Waals surface area contributed by atoms with Crippen LogP contribution in [0.5, 0.6) is 0 Å². The Kier molecular flexibility index (Phi) is 92.7. The minimum Gasteiger partial charge on any atom is -0.550 e. The van der Waals surface area contributed by atoms with Gasteiger partial charge in [0.05, 0.1) is 0 Å². The van der Waals surface area contributed by atoms with Crippen molar-refractivity contribution in [3.05, 3.63) is 0 Å². The van der Waals surface area contributed by atoms with E-state index >= 15 is 0 Å². The summed E-state index contributed by atoms with van der Waals surface area (Å²) in [6.07, 6.45) is 79.4. The molecule has 0 N–H and O–H groups in total. The van der Waals surface area contributed by atoms with Crippen molar-refractivity contribution in [2.24, 2.45) is 0 Å². The molecule has 0 radical (unpaired) electrons. The Bertz CT molecular complexity index is 990. The van der Waals surface area contributed by atoms with E-state index in [1.807, 2.05) is 0 Å². The van der Waals surface area contributed by atoms with Crippen molar-refractivity contribution in [3.8, 4) is 0 Å². The molecule has 486 valence electrons. The van der Waals surface area contributed by atoms with Gasteiger partial charge in [-0.2, -0.15) is 0 Å². The van der Waals surface area contributed by atoms with Gasteiger partial charge in [-0.15, -0.1) is 0 Å². The van der Waals surface area contributed by atoms with Crippen molar-refractivity contribution in [1.82, 2.24) is 0 Å². The second-order valence-corrected chi connectivity index (χ2v) is 24.3. The second kappa shape index (κ2) is 85.0. The molecule has 0 rings (SSSR count). The molecule has 0 unspecified atom stereocenters. The number of carbonyl (C=O) groups excluding carboxylic acids is 4. The quantitative estimate of drug-likeness (QED) is 0.0544. The molecule has 0 aliphatic carbocycles. The summed E-state index contributed by atoms with van der Waals surface area (Å²) in [5, 5.41) is 40.9. The van der Waals surface area contributed by atoms with Crippen LogP contribution >= 0.6 is 0 Å². The third kappa shape index (κ3) is 104. The summed E-state index contributed by atoms with van der Waals surface area (Å²) >= 11 is 0. The van der Waals surface area contributed by atoms with Gasteiger partial charge in [0.1, 0.15) is 0 Å². The standard InChI is InChI=1S/4C18H36O2.W/c4*1-2-3-4-5-6-7-8-9-10-11-12-13-14-15-16-17-18(19)20;/h4*2-17H2,1H3,(H,19,20);/p-4. The maximum absolute atomic E-state index is 10.2. The van der Waals surface area contributed by atoms with Gasteiger partial charge in [0.15, 0.2) is 0 Å². The van der Waals surface area contributed by atoms with Gasteiger partial charge in [-0.25, -0.2) is 0 Å². The van der Waals surface area contributed by atoms with E-state index in [4.69, 9.17) is 0 Å². The Morgan fingerprint density at radius 2 is 0.235 bits per heavy atom. The van der Waals surface area contributed by atoms with E-state index in [9.17, 15) is 39.6 Å². The first-order valence-electron chi connectivity index (χ1n) is 35.9. The molecule has 0 aromatic heterocycles. The van der Waals surface area contributed by atoms with Crippen LogP contribution in [0.1, 0.15) is 439 Å². The number of carbonyl (C=O) groups is 4. The van der Waals surface area contributed by atoms with Crippen molar-refractivity contribution < 1.29 is 60.7 Å². The minimum absolute atomic E-state index is 0. The van der Waals surface area contributed by atoms with E-state index in [0.29, 0.717) is 0 Å². The van der Waals surface area contributed by atoms with Gasteiger partial charge in [-0.1, -0.05) is 387 Å². The Morgan fingerprint density at radius 3 is 0.309 bits per heavy atom. The molecule has 0 heterocycles. The molecule has 0 saturated heterocycles.